The van der Waals surface area contributed by atoms with Crippen LogP contribution in [0.2, 0.25) is 0 Å². The molecule has 1 aromatic heterocycles. The number of carboxylic acids is 1. The average Bonchev–Trinajstić information content (AvgIpc) is 3.66. The monoisotopic (exact) mass is 576 g/mol. The van der Waals surface area contributed by atoms with Crippen LogP contribution in [0.5, 0.6) is 0 Å². The van der Waals surface area contributed by atoms with E-state index in [2.05, 4.69) is 26.3 Å². The molecule has 4 amide bonds. The molecule has 2 heterocycles. The molecule has 3 aromatic rings. The first-order valence-corrected chi connectivity index (χ1v) is 14.0. The number of nitrogens with one attached hydrogen (secondary N) is 5. The molecule has 0 bridgehead atoms. The molecule has 222 valence electrons. The minimum Gasteiger partial charge on any atom is -0.480 e. The fraction of sp³-hybridized carbons (Fsp3) is 0.367. The number of hydrogen-bond donors (Lipinski definition) is 7. The van der Waals surface area contributed by atoms with Crippen LogP contribution in [0.25, 0.3) is 10.9 Å². The van der Waals surface area contributed by atoms with Crippen molar-refractivity contribution in [2.24, 2.45) is 5.73 Å². The maximum absolute atomic E-state index is 13.6. The Hall–Kier alpha value is -4.71. The van der Waals surface area contributed by atoms with E-state index in [4.69, 9.17) is 5.73 Å². The standard InChI is InChI=1S/C30H36N6O6/c31-26(37)13-12-23(34-27(38)22-11-6-14-32-22)28(39)35-24(16-19-17-33-21-10-5-4-9-20(19)21)29(40)36-25(30(41)42)15-18-7-2-1-3-8-18/h1-5,7-10,17,22-25,32-33H,6,11-16H2,(H2,31,37)(H,34,38)(H,35,39)(H,36,40)(H,41,42). The first-order chi connectivity index (χ1) is 20.2. The van der Waals surface area contributed by atoms with Gasteiger partial charge in [-0.2, -0.15) is 0 Å². The lowest BCUT2D eigenvalue weighted by molar-refractivity contribution is -0.142. The minimum absolute atomic E-state index is 0.0416. The van der Waals surface area contributed by atoms with Gasteiger partial charge >= 0.3 is 5.97 Å². The van der Waals surface area contributed by atoms with Gasteiger partial charge in [0.25, 0.3) is 0 Å². The van der Waals surface area contributed by atoms with Gasteiger partial charge in [0.1, 0.15) is 18.1 Å². The van der Waals surface area contributed by atoms with E-state index in [9.17, 15) is 29.1 Å². The SMILES string of the molecule is NC(=O)CCC(NC(=O)C1CCCN1)C(=O)NC(Cc1c[nH]c2ccccc12)C(=O)NC(Cc1ccccc1)C(=O)O. The number of para-hydroxylation sites is 1. The summed E-state index contributed by atoms with van der Waals surface area (Å²) in [7, 11) is 0. The van der Waals surface area contributed by atoms with Gasteiger partial charge in [-0.15, -0.1) is 0 Å². The van der Waals surface area contributed by atoms with Crippen LogP contribution < -0.4 is 27.0 Å². The summed E-state index contributed by atoms with van der Waals surface area (Å²) >= 11 is 0. The number of rotatable bonds is 14. The third-order valence-electron chi connectivity index (χ3n) is 7.32. The molecule has 2 aromatic carbocycles. The third-order valence-corrected chi connectivity index (χ3v) is 7.32. The first-order valence-electron chi connectivity index (χ1n) is 14.0. The molecule has 0 saturated carbocycles. The van der Waals surface area contributed by atoms with Gasteiger partial charge in [-0.1, -0.05) is 48.5 Å². The van der Waals surface area contributed by atoms with E-state index in [0.29, 0.717) is 13.0 Å². The lowest BCUT2D eigenvalue weighted by Gasteiger charge is -2.25. The normalized spacial score (nSPS) is 16.7. The van der Waals surface area contributed by atoms with Crippen LogP contribution in [0.1, 0.15) is 36.8 Å². The topological polar surface area (TPSA) is 196 Å². The number of hydrogen-bond acceptors (Lipinski definition) is 6. The summed E-state index contributed by atoms with van der Waals surface area (Å²) in [5, 5.41) is 21.7. The Bertz CT molecular complexity index is 1420. The Kier molecular flexibility index (Phi) is 10.3. The lowest BCUT2D eigenvalue weighted by Crippen LogP contribution is -2.57. The van der Waals surface area contributed by atoms with Crippen LogP contribution in [0, 0.1) is 0 Å². The van der Waals surface area contributed by atoms with Crippen LogP contribution in [-0.4, -0.2) is 70.4 Å². The highest BCUT2D eigenvalue weighted by molar-refractivity contribution is 5.95. The number of fused-ring (bicyclic) bond motifs is 1. The quantitative estimate of drug-likeness (QED) is 0.145. The van der Waals surface area contributed by atoms with E-state index in [1.54, 1.807) is 36.5 Å². The van der Waals surface area contributed by atoms with E-state index in [-0.39, 0.29) is 31.6 Å². The second-order valence-corrected chi connectivity index (χ2v) is 10.4. The molecule has 4 atom stereocenters. The summed E-state index contributed by atoms with van der Waals surface area (Å²) in [6.45, 7) is 0.677. The first kappa shape index (κ1) is 30.3. The average molecular weight is 577 g/mol. The van der Waals surface area contributed by atoms with Crippen molar-refractivity contribution in [2.75, 3.05) is 6.54 Å². The Balaban J connectivity index is 1.56. The van der Waals surface area contributed by atoms with E-state index >= 15 is 0 Å². The van der Waals surface area contributed by atoms with Gasteiger partial charge in [-0.25, -0.2) is 4.79 Å². The van der Waals surface area contributed by atoms with Gasteiger partial charge in [-0.05, 0) is 43.0 Å². The molecule has 1 aliphatic heterocycles. The van der Waals surface area contributed by atoms with Crippen molar-refractivity contribution in [3.05, 3.63) is 71.9 Å². The van der Waals surface area contributed by atoms with Gasteiger partial charge in [0.05, 0.1) is 6.04 Å². The molecule has 0 aliphatic carbocycles. The van der Waals surface area contributed by atoms with Crippen LogP contribution in [0.4, 0.5) is 0 Å². The van der Waals surface area contributed by atoms with Gasteiger partial charge < -0.3 is 37.1 Å². The van der Waals surface area contributed by atoms with Crippen LogP contribution >= 0.6 is 0 Å². The number of aromatic nitrogens is 1. The van der Waals surface area contributed by atoms with Crippen LogP contribution in [-0.2, 0) is 36.8 Å². The zero-order chi connectivity index (χ0) is 30.1. The van der Waals surface area contributed by atoms with Gasteiger partial charge in [-0.3, -0.25) is 19.2 Å². The van der Waals surface area contributed by atoms with E-state index in [1.165, 1.54) is 0 Å². The largest absolute Gasteiger partial charge is 0.480 e. The van der Waals surface area contributed by atoms with Crippen molar-refractivity contribution in [3.63, 3.8) is 0 Å². The number of aliphatic carboxylic acids is 1. The summed E-state index contributed by atoms with van der Waals surface area (Å²) in [6, 6.07) is 12.3. The van der Waals surface area contributed by atoms with Crippen molar-refractivity contribution in [1.29, 1.82) is 0 Å². The number of carboxylic acid groups (broad SMARTS) is 1. The Morgan fingerprint density at radius 2 is 1.57 bits per heavy atom. The second-order valence-electron chi connectivity index (χ2n) is 10.4. The molecule has 1 saturated heterocycles. The molecule has 42 heavy (non-hydrogen) atoms. The summed E-state index contributed by atoms with van der Waals surface area (Å²) in [4.78, 5) is 66.6. The molecule has 0 radical (unpaired) electrons. The second kappa shape index (κ2) is 14.3. The minimum atomic E-state index is -1.25. The molecule has 12 nitrogen and oxygen atoms in total. The van der Waals surface area contributed by atoms with Crippen molar-refractivity contribution in [1.82, 2.24) is 26.3 Å². The van der Waals surface area contributed by atoms with Crippen LogP contribution in [0.3, 0.4) is 0 Å². The molecular weight excluding hydrogens is 540 g/mol. The van der Waals surface area contributed by atoms with Crippen molar-refractivity contribution in [3.8, 4) is 0 Å². The number of carbonyl (C=O) groups is 5. The van der Waals surface area contributed by atoms with Gasteiger partial charge in [0, 0.05) is 36.4 Å². The number of H-pyrrole nitrogens is 1. The number of amides is 4. The predicted octanol–water partition coefficient (Wildman–Crippen LogP) is 0.510. The summed E-state index contributed by atoms with van der Waals surface area (Å²) < 4.78 is 0. The molecule has 12 heteroatoms. The summed E-state index contributed by atoms with van der Waals surface area (Å²) in [5.41, 5.74) is 7.60. The van der Waals surface area contributed by atoms with Crippen molar-refractivity contribution in [2.45, 2.75) is 62.7 Å². The molecular formula is C30H36N6O6. The smallest absolute Gasteiger partial charge is 0.326 e. The molecule has 8 N–H and O–H groups in total. The van der Waals surface area contributed by atoms with E-state index < -0.39 is 47.9 Å². The molecule has 4 unspecified atom stereocenters. The molecule has 1 fully saturated rings. The predicted molar refractivity (Wildman–Crippen MR) is 155 cm³/mol. The highest BCUT2D eigenvalue weighted by atomic mass is 16.4. The summed E-state index contributed by atoms with van der Waals surface area (Å²) in [6.07, 6.45) is 3.02. The number of primary amides is 1. The maximum atomic E-state index is 13.6. The van der Waals surface area contributed by atoms with Crippen molar-refractivity contribution >= 4 is 40.5 Å². The zero-order valence-electron chi connectivity index (χ0n) is 23.1. The molecule has 1 aliphatic rings. The third kappa shape index (κ3) is 8.16. The number of nitrogens with two attached hydrogens (primary N) is 1. The lowest BCUT2D eigenvalue weighted by atomic mass is 10.0. The Labute approximate surface area is 242 Å². The number of aromatic amines is 1. The zero-order valence-corrected chi connectivity index (χ0v) is 23.1. The number of carbonyl (C=O) groups excluding carboxylic acids is 4. The fourth-order valence-electron chi connectivity index (χ4n) is 5.06. The molecule has 0 spiro atoms. The number of benzene rings is 2. The van der Waals surface area contributed by atoms with Gasteiger partial charge in [0.15, 0.2) is 0 Å². The Morgan fingerprint density at radius 1 is 0.881 bits per heavy atom. The van der Waals surface area contributed by atoms with Crippen molar-refractivity contribution < 1.29 is 29.1 Å². The molecule has 4 rings (SSSR count). The van der Waals surface area contributed by atoms with Gasteiger partial charge in [0.2, 0.25) is 23.6 Å². The highest BCUT2D eigenvalue weighted by Crippen LogP contribution is 2.19. The summed E-state index contributed by atoms with van der Waals surface area (Å²) in [5.74, 6) is -3.63. The highest BCUT2D eigenvalue weighted by Gasteiger charge is 2.32. The van der Waals surface area contributed by atoms with E-state index in [1.807, 2.05) is 24.3 Å². The van der Waals surface area contributed by atoms with Crippen LogP contribution in [0.15, 0.2) is 60.8 Å². The maximum Gasteiger partial charge on any atom is 0.326 e. The van der Waals surface area contributed by atoms with E-state index in [0.717, 1.165) is 28.5 Å². The fourth-order valence-corrected chi connectivity index (χ4v) is 5.06. The Morgan fingerprint density at radius 3 is 2.26 bits per heavy atom.